The maximum absolute atomic E-state index is 5.13. The van der Waals surface area contributed by atoms with Crippen molar-refractivity contribution in [3.8, 4) is 0 Å². The lowest BCUT2D eigenvalue weighted by Gasteiger charge is -2.17. The topological polar surface area (TPSA) is 42.2 Å². The summed E-state index contributed by atoms with van der Waals surface area (Å²) in [6.07, 6.45) is 0. The molecule has 0 saturated heterocycles. The third kappa shape index (κ3) is 3.39. The molecular formula is C13H17N3O. The van der Waals surface area contributed by atoms with E-state index in [1.807, 2.05) is 13.0 Å². The SMILES string of the molecule is CCN(Cc1ccccc1)Cc1nc(C)no1. The van der Waals surface area contributed by atoms with Crippen LogP contribution in [0.5, 0.6) is 0 Å². The van der Waals surface area contributed by atoms with Crippen molar-refractivity contribution >= 4 is 0 Å². The fourth-order valence-corrected chi connectivity index (χ4v) is 1.72. The van der Waals surface area contributed by atoms with Crippen LogP contribution in [0.2, 0.25) is 0 Å². The molecule has 0 aliphatic rings. The van der Waals surface area contributed by atoms with E-state index >= 15 is 0 Å². The molecule has 0 fully saturated rings. The summed E-state index contributed by atoms with van der Waals surface area (Å²) in [5.74, 6) is 1.37. The lowest BCUT2D eigenvalue weighted by molar-refractivity contribution is 0.229. The van der Waals surface area contributed by atoms with Crippen LogP contribution >= 0.6 is 0 Å². The van der Waals surface area contributed by atoms with Crippen molar-refractivity contribution in [2.45, 2.75) is 26.9 Å². The molecule has 0 unspecified atom stereocenters. The Kier molecular flexibility index (Phi) is 3.88. The van der Waals surface area contributed by atoms with Gasteiger partial charge in [0.25, 0.3) is 0 Å². The number of nitrogens with zero attached hydrogens (tertiary/aromatic N) is 3. The summed E-state index contributed by atoms with van der Waals surface area (Å²) in [6.45, 7) is 6.52. The largest absolute Gasteiger partial charge is 0.338 e. The van der Waals surface area contributed by atoms with Crippen LogP contribution in [-0.2, 0) is 13.1 Å². The van der Waals surface area contributed by atoms with Gasteiger partial charge in [0.05, 0.1) is 6.54 Å². The van der Waals surface area contributed by atoms with E-state index in [4.69, 9.17) is 4.52 Å². The molecule has 0 bridgehead atoms. The van der Waals surface area contributed by atoms with Gasteiger partial charge in [0, 0.05) is 6.54 Å². The van der Waals surface area contributed by atoms with Crippen molar-refractivity contribution in [3.63, 3.8) is 0 Å². The van der Waals surface area contributed by atoms with E-state index in [-0.39, 0.29) is 0 Å². The number of hydrogen-bond acceptors (Lipinski definition) is 4. The van der Waals surface area contributed by atoms with Gasteiger partial charge in [-0.15, -0.1) is 0 Å². The highest BCUT2D eigenvalue weighted by atomic mass is 16.5. The lowest BCUT2D eigenvalue weighted by atomic mass is 10.2. The van der Waals surface area contributed by atoms with E-state index < -0.39 is 0 Å². The predicted molar refractivity (Wildman–Crippen MR) is 65.3 cm³/mol. The Morgan fingerprint density at radius 2 is 1.94 bits per heavy atom. The molecule has 4 heteroatoms. The minimum absolute atomic E-state index is 0.681. The maximum atomic E-state index is 5.13. The first kappa shape index (κ1) is 11.8. The molecule has 2 aromatic rings. The molecule has 0 N–H and O–H groups in total. The Morgan fingerprint density at radius 3 is 2.53 bits per heavy atom. The number of rotatable bonds is 5. The number of aryl methyl sites for hydroxylation is 1. The third-order valence-electron chi connectivity index (χ3n) is 2.62. The van der Waals surface area contributed by atoms with Crippen molar-refractivity contribution < 1.29 is 4.52 Å². The Hall–Kier alpha value is -1.68. The van der Waals surface area contributed by atoms with Gasteiger partial charge in [0.2, 0.25) is 5.89 Å². The number of aromatic nitrogens is 2. The van der Waals surface area contributed by atoms with Crippen molar-refractivity contribution in [2.75, 3.05) is 6.54 Å². The predicted octanol–water partition coefficient (Wildman–Crippen LogP) is 2.40. The van der Waals surface area contributed by atoms with Crippen LogP contribution in [0.25, 0.3) is 0 Å². The Bertz CT molecular complexity index is 453. The molecule has 0 atom stereocenters. The molecule has 1 aromatic heterocycles. The number of hydrogen-bond donors (Lipinski definition) is 0. The highest BCUT2D eigenvalue weighted by molar-refractivity contribution is 5.14. The molecule has 0 aliphatic carbocycles. The summed E-state index contributed by atoms with van der Waals surface area (Å²) >= 11 is 0. The van der Waals surface area contributed by atoms with E-state index in [9.17, 15) is 0 Å². The molecule has 90 valence electrons. The molecule has 0 amide bonds. The minimum atomic E-state index is 0.681. The van der Waals surface area contributed by atoms with Crippen LogP contribution in [0.1, 0.15) is 24.2 Å². The minimum Gasteiger partial charge on any atom is -0.338 e. The normalized spacial score (nSPS) is 11.0. The fourth-order valence-electron chi connectivity index (χ4n) is 1.72. The van der Waals surface area contributed by atoms with Crippen molar-refractivity contribution in [3.05, 3.63) is 47.6 Å². The van der Waals surface area contributed by atoms with E-state index in [0.29, 0.717) is 18.3 Å². The van der Waals surface area contributed by atoms with Crippen LogP contribution in [0, 0.1) is 6.92 Å². The van der Waals surface area contributed by atoms with Crippen LogP contribution in [0.4, 0.5) is 0 Å². The summed E-state index contributed by atoms with van der Waals surface area (Å²) in [4.78, 5) is 6.49. The Labute approximate surface area is 101 Å². The molecule has 0 radical (unpaired) electrons. The van der Waals surface area contributed by atoms with Crippen LogP contribution in [0.15, 0.2) is 34.9 Å². The standard InChI is InChI=1S/C13H17N3O/c1-3-16(9-12-7-5-4-6-8-12)10-13-14-11(2)15-17-13/h4-8H,3,9-10H2,1-2H3. The average Bonchev–Trinajstić information content (AvgIpc) is 2.75. The van der Waals surface area contributed by atoms with Gasteiger partial charge in [-0.25, -0.2) is 0 Å². The Balaban J connectivity index is 1.98. The molecule has 0 saturated carbocycles. The summed E-state index contributed by atoms with van der Waals surface area (Å²) in [5, 5.41) is 3.80. The fraction of sp³-hybridized carbons (Fsp3) is 0.385. The summed E-state index contributed by atoms with van der Waals surface area (Å²) in [5.41, 5.74) is 1.30. The summed E-state index contributed by atoms with van der Waals surface area (Å²) in [6, 6.07) is 10.4. The second kappa shape index (κ2) is 5.59. The van der Waals surface area contributed by atoms with E-state index in [2.05, 4.69) is 46.2 Å². The highest BCUT2D eigenvalue weighted by Gasteiger charge is 2.09. The second-order valence-electron chi connectivity index (χ2n) is 4.02. The quantitative estimate of drug-likeness (QED) is 0.792. The molecule has 2 rings (SSSR count). The smallest absolute Gasteiger partial charge is 0.240 e. The molecule has 4 nitrogen and oxygen atoms in total. The lowest BCUT2D eigenvalue weighted by Crippen LogP contribution is -2.22. The first-order valence-corrected chi connectivity index (χ1v) is 5.83. The van der Waals surface area contributed by atoms with Gasteiger partial charge in [-0.2, -0.15) is 4.98 Å². The van der Waals surface area contributed by atoms with Crippen LogP contribution in [-0.4, -0.2) is 21.6 Å². The van der Waals surface area contributed by atoms with Crippen molar-refractivity contribution in [2.24, 2.45) is 0 Å². The zero-order chi connectivity index (χ0) is 12.1. The third-order valence-corrected chi connectivity index (χ3v) is 2.62. The van der Waals surface area contributed by atoms with Gasteiger partial charge in [0.15, 0.2) is 5.82 Å². The van der Waals surface area contributed by atoms with Gasteiger partial charge in [-0.1, -0.05) is 42.4 Å². The van der Waals surface area contributed by atoms with Gasteiger partial charge in [-0.05, 0) is 19.0 Å². The van der Waals surface area contributed by atoms with Gasteiger partial charge < -0.3 is 4.52 Å². The van der Waals surface area contributed by atoms with Crippen LogP contribution in [0.3, 0.4) is 0 Å². The monoisotopic (exact) mass is 231 g/mol. The zero-order valence-electron chi connectivity index (χ0n) is 10.3. The summed E-state index contributed by atoms with van der Waals surface area (Å²) < 4.78 is 5.13. The van der Waals surface area contributed by atoms with Gasteiger partial charge in [0.1, 0.15) is 0 Å². The van der Waals surface area contributed by atoms with Gasteiger partial charge >= 0.3 is 0 Å². The second-order valence-corrected chi connectivity index (χ2v) is 4.02. The molecule has 17 heavy (non-hydrogen) atoms. The molecule has 1 heterocycles. The average molecular weight is 231 g/mol. The van der Waals surface area contributed by atoms with E-state index in [0.717, 1.165) is 13.1 Å². The van der Waals surface area contributed by atoms with Crippen LogP contribution < -0.4 is 0 Å². The number of benzene rings is 1. The molecule has 0 aliphatic heterocycles. The van der Waals surface area contributed by atoms with Crippen molar-refractivity contribution in [1.29, 1.82) is 0 Å². The Morgan fingerprint density at radius 1 is 1.18 bits per heavy atom. The van der Waals surface area contributed by atoms with Crippen molar-refractivity contribution in [1.82, 2.24) is 15.0 Å². The highest BCUT2D eigenvalue weighted by Crippen LogP contribution is 2.08. The molecular weight excluding hydrogens is 214 g/mol. The first-order chi connectivity index (χ1) is 8.28. The summed E-state index contributed by atoms with van der Waals surface area (Å²) in [7, 11) is 0. The van der Waals surface area contributed by atoms with E-state index in [1.54, 1.807) is 0 Å². The molecule has 0 spiro atoms. The van der Waals surface area contributed by atoms with E-state index in [1.165, 1.54) is 5.56 Å². The zero-order valence-corrected chi connectivity index (χ0v) is 10.3. The molecule has 1 aromatic carbocycles. The maximum Gasteiger partial charge on any atom is 0.240 e. The van der Waals surface area contributed by atoms with Gasteiger partial charge in [-0.3, -0.25) is 4.90 Å². The first-order valence-electron chi connectivity index (χ1n) is 5.83.